The Bertz CT molecular complexity index is 1280. The number of non-ortho nitro benzene ring substituents is 1. The number of imidazole rings is 1. The third-order valence-corrected chi connectivity index (χ3v) is 4.89. The highest BCUT2D eigenvalue weighted by Gasteiger charge is 2.14. The fourth-order valence-corrected chi connectivity index (χ4v) is 3.33. The number of thiocarbonyl (C=S) groups is 1. The molecule has 154 valence electrons. The molecule has 4 aromatic rings. The van der Waals surface area contributed by atoms with Crippen molar-refractivity contribution < 1.29 is 4.92 Å². The van der Waals surface area contributed by atoms with Crippen molar-refractivity contribution in [3.63, 3.8) is 0 Å². The lowest BCUT2D eigenvalue weighted by atomic mass is 10.1. The van der Waals surface area contributed by atoms with E-state index in [1.165, 1.54) is 12.1 Å². The Kier molecular flexibility index (Phi) is 5.67. The number of hydrogen-bond donors (Lipinski definition) is 2. The van der Waals surface area contributed by atoms with E-state index in [2.05, 4.69) is 20.8 Å². The summed E-state index contributed by atoms with van der Waals surface area (Å²) in [6.07, 6.45) is 0. The number of rotatable bonds is 5. The van der Waals surface area contributed by atoms with E-state index >= 15 is 0 Å². The van der Waals surface area contributed by atoms with Gasteiger partial charge in [0.05, 0.1) is 21.7 Å². The lowest BCUT2D eigenvalue weighted by Crippen LogP contribution is -2.20. The molecule has 9 heteroatoms. The third-order valence-electron chi connectivity index (χ3n) is 4.61. The van der Waals surface area contributed by atoms with E-state index in [0.29, 0.717) is 16.8 Å². The summed E-state index contributed by atoms with van der Waals surface area (Å²) < 4.78 is 1.78. The molecule has 0 fully saturated rings. The van der Waals surface area contributed by atoms with Gasteiger partial charge in [0.25, 0.3) is 5.69 Å². The van der Waals surface area contributed by atoms with Crippen LogP contribution in [0.15, 0.2) is 84.0 Å². The molecule has 0 saturated heterocycles. The van der Waals surface area contributed by atoms with Gasteiger partial charge < -0.3 is 5.32 Å². The highest BCUT2D eigenvalue weighted by Crippen LogP contribution is 2.21. The zero-order chi connectivity index (χ0) is 21.8. The molecule has 2 N–H and O–H groups in total. The molecule has 1 heterocycles. The lowest BCUT2D eigenvalue weighted by molar-refractivity contribution is -0.384. The second-order valence-electron chi connectivity index (χ2n) is 6.67. The average Bonchev–Trinajstić information content (AvgIpc) is 3.16. The topological polar surface area (TPSA) is 97.4 Å². The molecule has 0 aliphatic rings. The highest BCUT2D eigenvalue weighted by atomic mass is 32.1. The summed E-state index contributed by atoms with van der Waals surface area (Å²) in [4.78, 5) is 15.0. The van der Waals surface area contributed by atoms with Crippen molar-refractivity contribution in [2.75, 3.05) is 10.7 Å². The van der Waals surface area contributed by atoms with Crippen molar-refractivity contribution in [3.05, 3.63) is 94.5 Å². The van der Waals surface area contributed by atoms with Crippen LogP contribution in [-0.4, -0.2) is 25.3 Å². The molecule has 0 saturated carbocycles. The maximum atomic E-state index is 10.8. The van der Waals surface area contributed by atoms with E-state index < -0.39 is 4.92 Å². The second kappa shape index (κ2) is 8.72. The van der Waals surface area contributed by atoms with E-state index in [0.717, 1.165) is 22.3 Å². The minimum atomic E-state index is -0.433. The van der Waals surface area contributed by atoms with Gasteiger partial charge in [0.15, 0.2) is 5.11 Å². The van der Waals surface area contributed by atoms with E-state index in [9.17, 15) is 10.1 Å². The Labute approximate surface area is 183 Å². The van der Waals surface area contributed by atoms with Crippen molar-refractivity contribution in [2.45, 2.75) is 6.92 Å². The second-order valence-corrected chi connectivity index (χ2v) is 7.06. The molecule has 3 aromatic carbocycles. The number of nitro groups is 1. The van der Waals surface area contributed by atoms with Crippen LogP contribution in [0.4, 0.5) is 17.3 Å². The van der Waals surface area contributed by atoms with Crippen LogP contribution in [0.25, 0.3) is 11.0 Å². The number of nitro benzene ring substituents is 1. The SMILES string of the molecule is C/C(=N/Nc1nc2ccccc2n1C(=S)Nc1ccccc1)c1ccc([N+](=O)[O-])cc1. The van der Waals surface area contributed by atoms with Gasteiger partial charge in [0.1, 0.15) is 0 Å². The number of para-hydroxylation sites is 3. The molecule has 0 atom stereocenters. The first kappa shape index (κ1) is 20.2. The van der Waals surface area contributed by atoms with Gasteiger partial charge in [-0.15, -0.1) is 0 Å². The summed E-state index contributed by atoms with van der Waals surface area (Å²) >= 11 is 5.64. The predicted octanol–water partition coefficient (Wildman–Crippen LogP) is 5.03. The smallest absolute Gasteiger partial charge is 0.269 e. The Morgan fingerprint density at radius 2 is 1.71 bits per heavy atom. The molecule has 1 aromatic heterocycles. The maximum Gasteiger partial charge on any atom is 0.269 e. The van der Waals surface area contributed by atoms with Crippen LogP contribution >= 0.6 is 12.2 Å². The number of aromatic nitrogens is 2. The van der Waals surface area contributed by atoms with Crippen LogP contribution < -0.4 is 10.7 Å². The molecule has 0 bridgehead atoms. The molecule has 0 aliphatic heterocycles. The fraction of sp³-hybridized carbons (Fsp3) is 0.0455. The molecule has 8 nitrogen and oxygen atoms in total. The summed E-state index contributed by atoms with van der Waals surface area (Å²) in [7, 11) is 0. The quantitative estimate of drug-likeness (QED) is 0.200. The van der Waals surface area contributed by atoms with Gasteiger partial charge in [-0.2, -0.15) is 5.10 Å². The first-order chi connectivity index (χ1) is 15.0. The van der Waals surface area contributed by atoms with Crippen molar-refractivity contribution in [2.24, 2.45) is 5.10 Å². The van der Waals surface area contributed by atoms with Crippen molar-refractivity contribution >= 4 is 51.4 Å². The van der Waals surface area contributed by atoms with Crippen molar-refractivity contribution in [1.82, 2.24) is 9.55 Å². The van der Waals surface area contributed by atoms with Gasteiger partial charge in [-0.3, -0.25) is 14.7 Å². The van der Waals surface area contributed by atoms with Gasteiger partial charge in [-0.1, -0.05) is 30.3 Å². The number of fused-ring (bicyclic) bond motifs is 1. The number of hydrazone groups is 1. The molecule has 31 heavy (non-hydrogen) atoms. The Hall–Kier alpha value is -4.11. The third kappa shape index (κ3) is 4.41. The van der Waals surface area contributed by atoms with Gasteiger partial charge >= 0.3 is 0 Å². The van der Waals surface area contributed by atoms with E-state index in [1.807, 2.05) is 61.5 Å². The Morgan fingerprint density at radius 3 is 2.42 bits per heavy atom. The van der Waals surface area contributed by atoms with Gasteiger partial charge in [-0.25, -0.2) is 10.4 Å². The molecule has 0 spiro atoms. The van der Waals surface area contributed by atoms with E-state index in [4.69, 9.17) is 12.2 Å². The number of benzene rings is 3. The van der Waals surface area contributed by atoms with Gasteiger partial charge in [-0.05, 0) is 61.1 Å². The average molecular weight is 430 g/mol. The first-order valence-electron chi connectivity index (χ1n) is 9.42. The summed E-state index contributed by atoms with van der Waals surface area (Å²) in [5.74, 6) is 0.455. The van der Waals surface area contributed by atoms with Gasteiger partial charge in [0, 0.05) is 17.8 Å². The summed E-state index contributed by atoms with van der Waals surface area (Å²) in [6.45, 7) is 1.81. The van der Waals surface area contributed by atoms with E-state index in [-0.39, 0.29) is 5.69 Å². The monoisotopic (exact) mass is 430 g/mol. The number of nitrogens with one attached hydrogen (secondary N) is 2. The zero-order valence-corrected chi connectivity index (χ0v) is 17.3. The summed E-state index contributed by atoms with van der Waals surface area (Å²) in [6, 6.07) is 23.5. The van der Waals surface area contributed by atoms with Crippen LogP contribution in [0.2, 0.25) is 0 Å². The summed E-state index contributed by atoms with van der Waals surface area (Å²) in [5, 5.41) is 18.9. The zero-order valence-electron chi connectivity index (χ0n) is 16.5. The largest absolute Gasteiger partial charge is 0.332 e. The van der Waals surface area contributed by atoms with Crippen LogP contribution in [-0.2, 0) is 0 Å². The molecule has 0 amide bonds. The van der Waals surface area contributed by atoms with E-state index in [1.54, 1.807) is 16.7 Å². The standard InChI is InChI=1S/C22H18N6O2S/c1-15(16-11-13-18(14-12-16)28(29)30)25-26-21-24-19-9-5-6-10-20(19)27(21)22(31)23-17-7-3-2-4-8-17/h2-14H,1H3,(H,23,31)(H,24,26)/b25-15-. The maximum absolute atomic E-state index is 10.8. The van der Waals surface area contributed by atoms with Crippen molar-refractivity contribution in [3.8, 4) is 0 Å². The number of nitrogens with zero attached hydrogens (tertiary/aromatic N) is 4. The first-order valence-corrected chi connectivity index (χ1v) is 9.83. The van der Waals surface area contributed by atoms with Crippen LogP contribution in [0.3, 0.4) is 0 Å². The minimum Gasteiger partial charge on any atom is -0.332 e. The summed E-state index contributed by atoms with van der Waals surface area (Å²) in [5.41, 5.74) is 6.88. The van der Waals surface area contributed by atoms with Crippen LogP contribution in [0, 0.1) is 10.1 Å². The Morgan fingerprint density at radius 1 is 1.03 bits per heavy atom. The van der Waals surface area contributed by atoms with Crippen molar-refractivity contribution in [1.29, 1.82) is 0 Å². The predicted molar refractivity (Wildman–Crippen MR) is 127 cm³/mol. The highest BCUT2D eigenvalue weighted by molar-refractivity contribution is 7.80. The Balaban J connectivity index is 1.64. The molecular formula is C22H18N6O2S. The molecule has 0 unspecified atom stereocenters. The number of hydrogen-bond acceptors (Lipinski definition) is 6. The van der Waals surface area contributed by atoms with Crippen LogP contribution in [0.1, 0.15) is 12.5 Å². The normalized spacial score (nSPS) is 11.3. The molecular weight excluding hydrogens is 412 g/mol. The fourth-order valence-electron chi connectivity index (χ4n) is 3.03. The van der Waals surface area contributed by atoms with Gasteiger partial charge in [0.2, 0.25) is 5.95 Å². The molecule has 4 rings (SSSR count). The minimum absolute atomic E-state index is 0.0311. The molecule has 0 radical (unpaired) electrons. The van der Waals surface area contributed by atoms with Crippen LogP contribution in [0.5, 0.6) is 0 Å². The lowest BCUT2D eigenvalue weighted by Gasteiger charge is -2.12. The molecule has 0 aliphatic carbocycles. The number of anilines is 2.